The van der Waals surface area contributed by atoms with Crippen LogP contribution in [0.15, 0.2) is 53.6 Å². The predicted octanol–water partition coefficient (Wildman–Crippen LogP) is 5.73. The van der Waals surface area contributed by atoms with E-state index in [0.29, 0.717) is 74.4 Å². The molecule has 13 heteroatoms. The van der Waals surface area contributed by atoms with Crippen molar-refractivity contribution >= 4 is 34.5 Å². The van der Waals surface area contributed by atoms with Crippen LogP contribution >= 0.6 is 0 Å². The lowest BCUT2D eigenvalue weighted by atomic mass is 9.87. The summed E-state index contributed by atoms with van der Waals surface area (Å²) in [5, 5.41) is 13.1. The minimum Gasteiger partial charge on any atom is -0.496 e. The number of nitrogens with one attached hydrogen (secondary N) is 3. The number of likely N-dealkylation sites (tertiary alicyclic amines) is 1. The van der Waals surface area contributed by atoms with Gasteiger partial charge in [0.15, 0.2) is 0 Å². The van der Waals surface area contributed by atoms with E-state index >= 15 is 0 Å². The van der Waals surface area contributed by atoms with Gasteiger partial charge in [-0.05, 0) is 86.1 Å². The van der Waals surface area contributed by atoms with E-state index in [0.717, 1.165) is 85.7 Å². The highest BCUT2D eigenvalue weighted by atomic mass is 16.5. The number of unbranched alkanes of at least 4 members (excludes halogenated alkanes) is 4. The smallest absolute Gasteiger partial charge is 0.276 e. The fourth-order valence-electron chi connectivity index (χ4n) is 8.20. The first-order chi connectivity index (χ1) is 27.6. The number of carbonyl (C=O) groups excluding carboxylic acids is 4. The van der Waals surface area contributed by atoms with Crippen LogP contribution in [0.5, 0.6) is 11.5 Å². The number of aromatic amines is 1. The Hall–Kier alpha value is -5.46. The third-order valence-corrected chi connectivity index (χ3v) is 11.6. The molecule has 0 spiro atoms. The Kier molecular flexibility index (Phi) is 14.2. The van der Waals surface area contributed by atoms with E-state index in [4.69, 9.17) is 9.47 Å². The number of ether oxygens (including phenoxy) is 2. The summed E-state index contributed by atoms with van der Waals surface area (Å²) in [5.74, 6) is 1.51. The number of rotatable bonds is 18. The van der Waals surface area contributed by atoms with Crippen molar-refractivity contribution in [3.05, 3.63) is 75.8 Å². The van der Waals surface area contributed by atoms with Crippen LogP contribution in [-0.4, -0.2) is 77.1 Å². The van der Waals surface area contributed by atoms with Crippen LogP contribution in [0.25, 0.3) is 22.0 Å². The summed E-state index contributed by atoms with van der Waals surface area (Å²) >= 11 is 0. The van der Waals surface area contributed by atoms with E-state index in [1.807, 2.05) is 17.0 Å². The van der Waals surface area contributed by atoms with Crippen molar-refractivity contribution < 1.29 is 28.7 Å². The van der Waals surface area contributed by atoms with Gasteiger partial charge in [0, 0.05) is 74.6 Å². The number of hydrogen-bond acceptors (Lipinski definition) is 8. The number of H-pyrrole nitrogens is 1. The molecule has 0 saturated carbocycles. The molecule has 13 nitrogen and oxygen atoms in total. The minimum atomic E-state index is -0.182. The molecule has 4 aromatic rings. The van der Waals surface area contributed by atoms with E-state index < -0.39 is 0 Å². The highest BCUT2D eigenvalue weighted by molar-refractivity contribution is 5.98. The molecule has 4 heterocycles. The SMILES string of the molecule is COc1cc(-c2cn(C)c(=O)c3[nH]ncc23)cc(OC)c1CCCC(=O)NCCCCCCCC(=O)N1CCC(c2ccc(CC3CCC(=O)NC3=O)cc2)CC1. The van der Waals surface area contributed by atoms with Gasteiger partial charge in [-0.1, -0.05) is 43.5 Å². The summed E-state index contributed by atoms with van der Waals surface area (Å²) in [6.07, 6.45) is 14.0. The van der Waals surface area contributed by atoms with E-state index in [2.05, 4.69) is 45.1 Å². The van der Waals surface area contributed by atoms with Crippen molar-refractivity contribution in [3.63, 3.8) is 0 Å². The van der Waals surface area contributed by atoms with Gasteiger partial charge in [-0.2, -0.15) is 5.10 Å². The van der Waals surface area contributed by atoms with Crippen molar-refractivity contribution in [1.82, 2.24) is 30.3 Å². The molecule has 2 aromatic heterocycles. The molecular weight excluding hydrogens is 725 g/mol. The number of fused-ring (bicyclic) bond motifs is 1. The first-order valence-electron chi connectivity index (χ1n) is 20.4. The number of nitrogens with zero attached hydrogens (tertiary/aromatic N) is 3. The number of aryl methyl sites for hydroxylation is 1. The molecular formula is C44H56N6O7. The number of benzene rings is 2. The summed E-state index contributed by atoms with van der Waals surface area (Å²) in [6, 6.07) is 12.4. The molecule has 6 rings (SSSR count). The number of piperidine rings is 2. The quantitative estimate of drug-likeness (QED) is 0.0852. The van der Waals surface area contributed by atoms with Crippen LogP contribution in [0.1, 0.15) is 99.7 Å². The van der Waals surface area contributed by atoms with Gasteiger partial charge in [-0.25, -0.2) is 0 Å². The van der Waals surface area contributed by atoms with E-state index in [-0.39, 0.29) is 35.1 Å². The lowest BCUT2D eigenvalue weighted by Crippen LogP contribution is -2.41. The number of amides is 4. The van der Waals surface area contributed by atoms with Crippen molar-refractivity contribution in [2.75, 3.05) is 33.9 Å². The maximum atomic E-state index is 12.9. The Morgan fingerprint density at radius 1 is 0.895 bits per heavy atom. The Bertz CT molecular complexity index is 2070. The van der Waals surface area contributed by atoms with Crippen LogP contribution in [-0.2, 0) is 39.1 Å². The first-order valence-corrected chi connectivity index (χ1v) is 20.4. The third-order valence-electron chi connectivity index (χ3n) is 11.6. The second kappa shape index (κ2) is 19.6. The van der Waals surface area contributed by atoms with Crippen LogP contribution in [0.4, 0.5) is 0 Å². The number of carbonyl (C=O) groups is 4. The largest absolute Gasteiger partial charge is 0.496 e. The van der Waals surface area contributed by atoms with Gasteiger partial charge < -0.3 is 24.3 Å². The molecule has 0 radical (unpaired) electrons. The fourth-order valence-corrected chi connectivity index (χ4v) is 8.20. The highest BCUT2D eigenvalue weighted by Crippen LogP contribution is 2.38. The lowest BCUT2D eigenvalue weighted by molar-refractivity contribution is -0.136. The standard InChI is InChI=1S/C44H56N6O7/c1-49-28-36(35-27-46-48-42(35)44(49)55)33-25-37(56-2)34(38(26-33)57-3)10-9-11-39(51)45-21-8-6-4-5-7-12-41(53)50-22-19-31(20-23-50)30-15-13-29(14-16-30)24-32-17-18-40(52)47-43(32)54/h13-16,25-28,31-32H,4-12,17-24H2,1-3H3,(H,45,51)(H,46,48)(H,47,52,54). The Labute approximate surface area is 333 Å². The highest BCUT2D eigenvalue weighted by Gasteiger charge is 2.27. The van der Waals surface area contributed by atoms with Gasteiger partial charge in [-0.15, -0.1) is 0 Å². The predicted molar refractivity (Wildman–Crippen MR) is 218 cm³/mol. The molecule has 1 atom stereocenters. The number of pyridine rings is 1. The van der Waals surface area contributed by atoms with E-state index in [1.54, 1.807) is 33.7 Å². The van der Waals surface area contributed by atoms with Crippen LogP contribution in [0, 0.1) is 5.92 Å². The van der Waals surface area contributed by atoms with Crippen molar-refractivity contribution in [1.29, 1.82) is 0 Å². The summed E-state index contributed by atoms with van der Waals surface area (Å²) in [5.41, 5.74) is 5.23. The molecule has 1 unspecified atom stereocenters. The van der Waals surface area contributed by atoms with E-state index in [9.17, 15) is 24.0 Å². The molecule has 2 aromatic carbocycles. The fraction of sp³-hybridized carbons (Fsp3) is 0.500. The number of aromatic nitrogens is 3. The molecule has 0 bridgehead atoms. The summed E-state index contributed by atoms with van der Waals surface area (Å²) in [6.45, 7) is 2.20. The average molecular weight is 781 g/mol. The van der Waals surface area contributed by atoms with Gasteiger partial charge in [0.2, 0.25) is 23.6 Å². The van der Waals surface area contributed by atoms with Gasteiger partial charge in [0.25, 0.3) is 5.56 Å². The van der Waals surface area contributed by atoms with Gasteiger partial charge in [0.1, 0.15) is 17.0 Å². The second-order valence-corrected chi connectivity index (χ2v) is 15.4. The normalized spacial score (nSPS) is 16.1. The Balaban J connectivity index is 0.829. The van der Waals surface area contributed by atoms with Gasteiger partial charge in [-0.3, -0.25) is 34.4 Å². The molecule has 2 saturated heterocycles. The van der Waals surface area contributed by atoms with Crippen molar-refractivity contribution in [2.24, 2.45) is 13.0 Å². The maximum Gasteiger partial charge on any atom is 0.276 e. The van der Waals surface area contributed by atoms with Crippen LogP contribution in [0.2, 0.25) is 0 Å². The van der Waals surface area contributed by atoms with Gasteiger partial charge >= 0.3 is 0 Å². The average Bonchev–Trinajstić information content (AvgIpc) is 3.72. The lowest BCUT2D eigenvalue weighted by Gasteiger charge is -2.32. The third kappa shape index (κ3) is 10.5. The van der Waals surface area contributed by atoms with E-state index in [1.165, 1.54) is 10.1 Å². The monoisotopic (exact) mass is 780 g/mol. The molecule has 0 aliphatic carbocycles. The van der Waals surface area contributed by atoms with Crippen LogP contribution < -0.4 is 25.7 Å². The molecule has 2 aliphatic heterocycles. The van der Waals surface area contributed by atoms with Crippen molar-refractivity contribution in [3.8, 4) is 22.6 Å². The topological polar surface area (TPSA) is 165 Å². The maximum absolute atomic E-state index is 12.9. The second-order valence-electron chi connectivity index (χ2n) is 15.4. The summed E-state index contributed by atoms with van der Waals surface area (Å²) in [4.78, 5) is 63.6. The minimum absolute atomic E-state index is 0.0215. The number of imide groups is 1. The molecule has 2 fully saturated rings. The Morgan fingerprint density at radius 3 is 2.30 bits per heavy atom. The molecule has 57 heavy (non-hydrogen) atoms. The zero-order valence-corrected chi connectivity index (χ0v) is 33.5. The van der Waals surface area contributed by atoms with Gasteiger partial charge in [0.05, 0.1) is 20.4 Å². The number of hydrogen-bond donors (Lipinski definition) is 3. The molecule has 2 aliphatic rings. The summed E-state index contributed by atoms with van der Waals surface area (Å²) < 4.78 is 13.0. The molecule has 3 N–H and O–H groups in total. The zero-order valence-electron chi connectivity index (χ0n) is 33.5. The first kappa shape index (κ1) is 41.2. The molecule has 4 amide bonds. The summed E-state index contributed by atoms with van der Waals surface area (Å²) in [7, 11) is 4.93. The molecule has 304 valence electrons. The zero-order chi connectivity index (χ0) is 40.3. The number of methoxy groups -OCH3 is 2. The Morgan fingerprint density at radius 2 is 1.60 bits per heavy atom. The van der Waals surface area contributed by atoms with Crippen molar-refractivity contribution in [2.45, 2.75) is 95.8 Å². The van der Waals surface area contributed by atoms with Crippen LogP contribution in [0.3, 0.4) is 0 Å².